The van der Waals surface area contributed by atoms with Crippen molar-refractivity contribution in [2.45, 2.75) is 44.8 Å². The Balaban J connectivity index is 1.70. The Morgan fingerprint density at radius 1 is 1.21 bits per heavy atom. The lowest BCUT2D eigenvalue weighted by atomic mass is 10.1. The molecule has 2 aromatic carbocycles. The third-order valence-electron chi connectivity index (χ3n) is 6.11. The van der Waals surface area contributed by atoms with Gasteiger partial charge in [0, 0.05) is 12.6 Å². The van der Waals surface area contributed by atoms with Crippen molar-refractivity contribution in [3.63, 3.8) is 0 Å². The molecule has 0 radical (unpaired) electrons. The van der Waals surface area contributed by atoms with Gasteiger partial charge in [0.1, 0.15) is 0 Å². The predicted molar refractivity (Wildman–Crippen MR) is 137 cm³/mol. The maximum atomic E-state index is 13.5. The van der Waals surface area contributed by atoms with Crippen LogP contribution in [0.3, 0.4) is 0 Å². The van der Waals surface area contributed by atoms with Crippen LogP contribution in [0.15, 0.2) is 52.4 Å². The van der Waals surface area contributed by atoms with Crippen molar-refractivity contribution < 1.29 is 13.2 Å². The van der Waals surface area contributed by atoms with Gasteiger partial charge in [-0.2, -0.15) is 0 Å². The quantitative estimate of drug-likeness (QED) is 0.365. The first-order chi connectivity index (χ1) is 16.2. The van der Waals surface area contributed by atoms with Gasteiger partial charge in [-0.15, -0.1) is 0 Å². The van der Waals surface area contributed by atoms with Crippen LogP contribution in [0.1, 0.15) is 30.9 Å². The van der Waals surface area contributed by atoms with E-state index >= 15 is 0 Å². The number of aryl methyl sites for hydroxylation is 2. The first-order valence-corrected chi connectivity index (χ1v) is 14.2. The van der Waals surface area contributed by atoms with Crippen LogP contribution in [0.4, 0.5) is 0 Å². The molecule has 1 aromatic heterocycles. The van der Waals surface area contributed by atoms with Crippen molar-refractivity contribution in [1.29, 1.82) is 0 Å². The fourth-order valence-electron chi connectivity index (χ4n) is 4.36. The lowest BCUT2D eigenvalue weighted by Crippen LogP contribution is -2.42. The largest absolute Gasteiger partial charge is 0.338 e. The maximum Gasteiger partial charge on any atom is 0.266 e. The number of aromatic nitrogens is 2. The van der Waals surface area contributed by atoms with E-state index in [1.807, 2.05) is 51.1 Å². The highest BCUT2D eigenvalue weighted by atomic mass is 32.2. The number of para-hydroxylation sites is 1. The van der Waals surface area contributed by atoms with Gasteiger partial charge in [-0.1, -0.05) is 43.0 Å². The molecular weight excluding hydrogens is 470 g/mol. The van der Waals surface area contributed by atoms with E-state index in [0.29, 0.717) is 29.0 Å². The summed E-state index contributed by atoms with van der Waals surface area (Å²) in [7, 11) is -3.10. The summed E-state index contributed by atoms with van der Waals surface area (Å²) in [6.45, 7) is 6.39. The van der Waals surface area contributed by atoms with E-state index in [1.165, 1.54) is 11.8 Å². The smallest absolute Gasteiger partial charge is 0.266 e. The monoisotopic (exact) mass is 499 g/mol. The zero-order valence-corrected chi connectivity index (χ0v) is 21.3. The third-order valence-corrected chi connectivity index (χ3v) is 8.78. The number of rotatable bonds is 7. The molecule has 3 aromatic rings. The Morgan fingerprint density at radius 2 is 1.97 bits per heavy atom. The fraction of sp³-hybridized carbons (Fsp3) is 0.400. The van der Waals surface area contributed by atoms with Crippen molar-refractivity contribution in [3.8, 4) is 5.69 Å². The molecule has 1 saturated heterocycles. The molecule has 180 valence electrons. The molecule has 2 heterocycles. The average molecular weight is 500 g/mol. The van der Waals surface area contributed by atoms with E-state index in [9.17, 15) is 18.0 Å². The van der Waals surface area contributed by atoms with Crippen LogP contribution < -0.4 is 5.56 Å². The number of hydrogen-bond donors (Lipinski definition) is 0. The van der Waals surface area contributed by atoms with Gasteiger partial charge < -0.3 is 4.90 Å². The molecule has 7 nitrogen and oxygen atoms in total. The van der Waals surface area contributed by atoms with Crippen LogP contribution in [0, 0.1) is 13.8 Å². The first kappa shape index (κ1) is 24.5. The maximum absolute atomic E-state index is 13.5. The molecule has 0 aliphatic carbocycles. The number of hydrogen-bond acceptors (Lipinski definition) is 6. The van der Waals surface area contributed by atoms with Gasteiger partial charge in [0.25, 0.3) is 5.56 Å². The lowest BCUT2D eigenvalue weighted by molar-refractivity contribution is -0.130. The molecule has 1 atom stereocenters. The molecule has 34 heavy (non-hydrogen) atoms. The molecule has 0 spiro atoms. The summed E-state index contributed by atoms with van der Waals surface area (Å²) in [6.07, 6.45) is 1.22. The number of benzene rings is 2. The highest BCUT2D eigenvalue weighted by molar-refractivity contribution is 7.99. The summed E-state index contributed by atoms with van der Waals surface area (Å²) in [5.41, 5.74) is 3.09. The summed E-state index contributed by atoms with van der Waals surface area (Å²) in [4.78, 5) is 33.2. The zero-order valence-electron chi connectivity index (χ0n) is 19.7. The normalized spacial score (nSPS) is 17.2. The van der Waals surface area contributed by atoms with E-state index in [4.69, 9.17) is 4.98 Å². The average Bonchev–Trinajstić information content (AvgIpc) is 3.17. The van der Waals surface area contributed by atoms with E-state index in [-0.39, 0.29) is 34.8 Å². The number of nitrogens with zero attached hydrogens (tertiary/aromatic N) is 3. The molecule has 0 N–H and O–H groups in total. The van der Waals surface area contributed by atoms with Crippen molar-refractivity contribution in [2.24, 2.45) is 0 Å². The van der Waals surface area contributed by atoms with E-state index < -0.39 is 9.84 Å². The molecule has 1 aliphatic rings. The number of fused-ring (bicyclic) bond motifs is 1. The highest BCUT2D eigenvalue weighted by Crippen LogP contribution is 2.25. The second kappa shape index (κ2) is 9.92. The van der Waals surface area contributed by atoms with Crippen molar-refractivity contribution in [1.82, 2.24) is 14.5 Å². The van der Waals surface area contributed by atoms with Crippen molar-refractivity contribution in [2.75, 3.05) is 23.8 Å². The number of sulfone groups is 1. The molecule has 1 amide bonds. The molecule has 0 saturated carbocycles. The Kier molecular flexibility index (Phi) is 7.14. The van der Waals surface area contributed by atoms with Gasteiger partial charge in [-0.25, -0.2) is 13.4 Å². The number of carbonyl (C=O) groups excluding carboxylic acids is 1. The molecule has 4 rings (SSSR count). The number of amides is 1. The van der Waals surface area contributed by atoms with Crippen molar-refractivity contribution >= 4 is 38.4 Å². The van der Waals surface area contributed by atoms with Gasteiger partial charge in [0.2, 0.25) is 5.91 Å². The molecule has 0 bridgehead atoms. The number of carbonyl (C=O) groups is 1. The Bertz CT molecular complexity index is 1400. The standard InChI is InChI=1S/C25H29N3O4S2/c1-4-12-27(19-11-13-34(31,32)16-19)23(29)15-33-25-26-21-8-6-5-7-20(21)24(30)28(25)22-14-17(2)9-10-18(22)3/h5-10,14,19H,4,11-13,15-16H2,1-3H3. The van der Waals surface area contributed by atoms with E-state index in [1.54, 1.807) is 21.6 Å². The van der Waals surface area contributed by atoms with Gasteiger partial charge in [0.05, 0.1) is 33.8 Å². The number of thioether (sulfide) groups is 1. The van der Waals surface area contributed by atoms with Gasteiger partial charge in [-0.05, 0) is 56.0 Å². The van der Waals surface area contributed by atoms with Crippen LogP contribution in [-0.2, 0) is 14.6 Å². The van der Waals surface area contributed by atoms with E-state index in [2.05, 4.69) is 0 Å². The molecule has 1 fully saturated rings. The third kappa shape index (κ3) is 5.05. The molecular formula is C25H29N3O4S2. The summed E-state index contributed by atoms with van der Waals surface area (Å²) in [5, 5.41) is 0.962. The van der Waals surface area contributed by atoms with Gasteiger partial charge in [-0.3, -0.25) is 14.2 Å². The minimum atomic E-state index is -3.10. The van der Waals surface area contributed by atoms with Crippen molar-refractivity contribution in [3.05, 3.63) is 63.9 Å². The molecule has 1 aliphatic heterocycles. The summed E-state index contributed by atoms with van der Waals surface area (Å²) < 4.78 is 25.6. The Morgan fingerprint density at radius 3 is 2.68 bits per heavy atom. The van der Waals surface area contributed by atoms with Gasteiger partial charge in [0.15, 0.2) is 15.0 Å². The minimum absolute atomic E-state index is 0.0187. The summed E-state index contributed by atoms with van der Waals surface area (Å²) in [5.74, 6) is 0.0807. The molecule has 1 unspecified atom stereocenters. The lowest BCUT2D eigenvalue weighted by Gasteiger charge is -2.28. The SMILES string of the molecule is CCCN(C(=O)CSc1nc2ccccc2c(=O)n1-c1cc(C)ccc1C)C1CCS(=O)(=O)C1. The summed E-state index contributed by atoms with van der Waals surface area (Å²) >= 11 is 1.22. The second-order valence-corrected chi connectivity index (χ2v) is 11.9. The summed E-state index contributed by atoms with van der Waals surface area (Å²) in [6, 6.07) is 12.8. The van der Waals surface area contributed by atoms with Crippen LogP contribution >= 0.6 is 11.8 Å². The second-order valence-electron chi connectivity index (χ2n) is 8.77. The van der Waals surface area contributed by atoms with Gasteiger partial charge >= 0.3 is 0 Å². The minimum Gasteiger partial charge on any atom is -0.338 e. The van der Waals surface area contributed by atoms with Crippen LogP contribution in [0.5, 0.6) is 0 Å². The molecule has 9 heteroatoms. The zero-order chi connectivity index (χ0) is 24.5. The predicted octanol–water partition coefficient (Wildman–Crippen LogP) is 3.52. The Labute approximate surface area is 204 Å². The Hall–Kier alpha value is -2.65. The topological polar surface area (TPSA) is 89.3 Å². The van der Waals surface area contributed by atoms with Crippen LogP contribution in [-0.4, -0.2) is 58.6 Å². The fourth-order valence-corrected chi connectivity index (χ4v) is 6.99. The van der Waals surface area contributed by atoms with Crippen LogP contribution in [0.25, 0.3) is 16.6 Å². The van der Waals surface area contributed by atoms with Crippen LogP contribution in [0.2, 0.25) is 0 Å². The highest BCUT2D eigenvalue weighted by Gasteiger charge is 2.34. The first-order valence-electron chi connectivity index (χ1n) is 11.4. The van der Waals surface area contributed by atoms with E-state index in [0.717, 1.165) is 23.2 Å².